The molecule has 4 aromatic rings. The second-order valence-electron chi connectivity index (χ2n) is 8.76. The Labute approximate surface area is 242 Å². The SMILES string of the molecule is Nc1cnc(-c2cncc(F)c2)nc1C(F)(F)F.O=C(Nc1cnc(-c2cncc(F)c2)nc1C(F)(F)F)N1CCOCC1. The van der Waals surface area contributed by atoms with Gasteiger partial charge in [-0.1, -0.05) is 0 Å². The Balaban J connectivity index is 0.000000215. The monoisotopic (exact) mass is 629 g/mol. The molecule has 5 rings (SSSR count). The van der Waals surface area contributed by atoms with Gasteiger partial charge in [0.25, 0.3) is 0 Å². The summed E-state index contributed by atoms with van der Waals surface area (Å²) >= 11 is 0. The van der Waals surface area contributed by atoms with Gasteiger partial charge in [0.05, 0.1) is 49.4 Å². The number of hydrogen-bond acceptors (Lipinski definition) is 9. The zero-order chi connectivity index (χ0) is 32.1. The van der Waals surface area contributed by atoms with Crippen molar-refractivity contribution in [2.24, 2.45) is 0 Å². The van der Waals surface area contributed by atoms with Gasteiger partial charge in [-0.3, -0.25) is 9.97 Å². The molecular weight excluding hydrogens is 610 g/mol. The van der Waals surface area contributed by atoms with Crippen LogP contribution in [0.25, 0.3) is 22.8 Å². The average molecular weight is 629 g/mol. The number of halogens is 8. The minimum absolute atomic E-state index is 0.0124. The molecule has 1 aliphatic rings. The maximum atomic E-state index is 13.4. The van der Waals surface area contributed by atoms with Crippen molar-refractivity contribution in [2.45, 2.75) is 12.4 Å². The van der Waals surface area contributed by atoms with Gasteiger partial charge in [0, 0.05) is 36.6 Å². The van der Waals surface area contributed by atoms with Crippen LogP contribution in [0.1, 0.15) is 11.4 Å². The summed E-state index contributed by atoms with van der Waals surface area (Å²) in [7, 11) is 0. The van der Waals surface area contributed by atoms with E-state index < -0.39 is 52.8 Å². The molecule has 3 N–H and O–H groups in total. The molecule has 5 heterocycles. The van der Waals surface area contributed by atoms with Gasteiger partial charge in [-0.05, 0) is 12.1 Å². The molecule has 19 heteroatoms. The maximum Gasteiger partial charge on any atom is 0.435 e. The molecule has 0 spiro atoms. The summed E-state index contributed by atoms with van der Waals surface area (Å²) in [4.78, 5) is 34.7. The molecule has 0 aliphatic carbocycles. The Morgan fingerprint density at radius 3 is 1.77 bits per heavy atom. The zero-order valence-corrected chi connectivity index (χ0v) is 22.0. The van der Waals surface area contributed by atoms with Gasteiger partial charge in [-0.15, -0.1) is 0 Å². The van der Waals surface area contributed by atoms with E-state index in [1.165, 1.54) is 4.90 Å². The molecule has 11 nitrogen and oxygen atoms in total. The van der Waals surface area contributed by atoms with Gasteiger partial charge in [0.2, 0.25) is 0 Å². The van der Waals surface area contributed by atoms with Crippen LogP contribution in [0, 0.1) is 11.6 Å². The van der Waals surface area contributed by atoms with Crippen molar-refractivity contribution in [1.29, 1.82) is 0 Å². The Morgan fingerprint density at radius 2 is 1.27 bits per heavy atom. The van der Waals surface area contributed by atoms with Crippen LogP contribution in [0.4, 0.5) is 51.3 Å². The van der Waals surface area contributed by atoms with Crippen molar-refractivity contribution < 1.29 is 44.7 Å². The fourth-order valence-electron chi connectivity index (χ4n) is 3.61. The Morgan fingerprint density at radius 1 is 0.773 bits per heavy atom. The fraction of sp³-hybridized carbons (Fsp3) is 0.240. The van der Waals surface area contributed by atoms with Gasteiger partial charge >= 0.3 is 18.4 Å². The Hall–Kier alpha value is -5.07. The number of nitrogen functional groups attached to an aromatic ring is 1. The summed E-state index contributed by atoms with van der Waals surface area (Å²) in [6.45, 7) is 1.14. The minimum Gasteiger partial charge on any atom is -0.396 e. The van der Waals surface area contributed by atoms with Crippen LogP contribution in [0.2, 0.25) is 0 Å². The third kappa shape index (κ3) is 8.06. The molecule has 2 amide bonds. The van der Waals surface area contributed by atoms with Gasteiger partial charge in [0.15, 0.2) is 23.0 Å². The second kappa shape index (κ2) is 13.1. The number of rotatable bonds is 3. The molecule has 0 bridgehead atoms. The normalized spacial score (nSPS) is 13.6. The van der Waals surface area contributed by atoms with Crippen molar-refractivity contribution in [2.75, 3.05) is 37.4 Å². The quantitative estimate of drug-likeness (QED) is 0.304. The third-order valence-electron chi connectivity index (χ3n) is 5.61. The first-order chi connectivity index (χ1) is 20.7. The first-order valence-electron chi connectivity index (χ1n) is 12.2. The first kappa shape index (κ1) is 31.9. The van der Waals surface area contributed by atoms with E-state index in [1.54, 1.807) is 0 Å². The standard InChI is InChI=1S/C15H13F4N5O2.C10H6F4N4/c16-10-5-9(6-20-7-10)13-21-8-11(12(23-13)15(17,18)19)22-14(25)24-1-3-26-4-2-24;11-6-1-5(2-16-3-6)9-17-4-7(15)8(18-9)10(12,13)14/h5-8H,1-4H2,(H,22,25);1-4H,15H2. The number of carbonyl (C=O) groups is 1. The lowest BCUT2D eigenvalue weighted by Crippen LogP contribution is -2.43. The highest BCUT2D eigenvalue weighted by atomic mass is 19.4. The number of anilines is 2. The summed E-state index contributed by atoms with van der Waals surface area (Å²) in [5.41, 5.74) is 1.43. The molecular formula is C25H19F8N9O2. The Bertz CT molecular complexity index is 1630. The van der Waals surface area contributed by atoms with E-state index >= 15 is 0 Å². The van der Waals surface area contributed by atoms with Gasteiger partial charge in [-0.25, -0.2) is 33.5 Å². The van der Waals surface area contributed by atoms with Crippen molar-refractivity contribution in [3.63, 3.8) is 0 Å². The van der Waals surface area contributed by atoms with E-state index in [0.717, 1.165) is 49.3 Å². The van der Waals surface area contributed by atoms with E-state index in [4.69, 9.17) is 10.5 Å². The number of alkyl halides is 6. The lowest BCUT2D eigenvalue weighted by molar-refractivity contribution is -0.141. The molecule has 0 saturated carbocycles. The Kier molecular flexibility index (Phi) is 9.46. The molecule has 44 heavy (non-hydrogen) atoms. The van der Waals surface area contributed by atoms with Crippen LogP contribution in [0.15, 0.2) is 49.3 Å². The number of amides is 2. The maximum absolute atomic E-state index is 13.4. The predicted molar refractivity (Wildman–Crippen MR) is 136 cm³/mol. The lowest BCUT2D eigenvalue weighted by Gasteiger charge is -2.27. The molecule has 4 aromatic heterocycles. The van der Waals surface area contributed by atoms with Gasteiger partial charge in [0.1, 0.15) is 11.6 Å². The number of ether oxygens (including phenoxy) is 1. The van der Waals surface area contributed by atoms with Gasteiger partial charge in [-0.2, -0.15) is 26.3 Å². The highest BCUT2D eigenvalue weighted by molar-refractivity contribution is 5.90. The number of urea groups is 1. The topological polar surface area (TPSA) is 145 Å². The molecule has 1 fully saturated rings. The third-order valence-corrected chi connectivity index (χ3v) is 5.61. The first-order valence-corrected chi connectivity index (χ1v) is 12.2. The second-order valence-corrected chi connectivity index (χ2v) is 8.76. The number of morpholine rings is 1. The zero-order valence-electron chi connectivity index (χ0n) is 22.0. The van der Waals surface area contributed by atoms with E-state index in [2.05, 4.69) is 35.2 Å². The molecule has 1 saturated heterocycles. The number of nitrogens with zero attached hydrogens (tertiary/aromatic N) is 7. The molecule has 0 atom stereocenters. The van der Waals surface area contributed by atoms with Crippen LogP contribution >= 0.6 is 0 Å². The van der Waals surface area contributed by atoms with E-state index in [0.29, 0.717) is 13.2 Å². The van der Waals surface area contributed by atoms with Crippen molar-refractivity contribution >= 4 is 17.4 Å². The molecule has 0 unspecified atom stereocenters. The number of nitrogens with one attached hydrogen (secondary N) is 1. The minimum atomic E-state index is -4.84. The number of carbonyl (C=O) groups excluding carboxylic acids is 1. The van der Waals surface area contributed by atoms with E-state index in [1.807, 2.05) is 0 Å². The molecule has 0 aromatic carbocycles. The largest absolute Gasteiger partial charge is 0.435 e. The smallest absolute Gasteiger partial charge is 0.396 e. The summed E-state index contributed by atoms with van der Waals surface area (Å²) < 4.78 is 109. The number of pyridine rings is 2. The van der Waals surface area contributed by atoms with Crippen molar-refractivity contribution in [3.8, 4) is 22.8 Å². The molecule has 232 valence electrons. The highest BCUT2D eigenvalue weighted by Gasteiger charge is 2.38. The predicted octanol–water partition coefficient (Wildman–Crippen LogP) is 4.84. The van der Waals surface area contributed by atoms with Crippen molar-refractivity contribution in [1.82, 2.24) is 34.8 Å². The molecule has 0 radical (unpaired) electrons. The van der Waals surface area contributed by atoms with E-state index in [-0.39, 0.29) is 35.9 Å². The van der Waals surface area contributed by atoms with Gasteiger partial charge < -0.3 is 20.7 Å². The van der Waals surface area contributed by atoms with Crippen LogP contribution < -0.4 is 11.1 Å². The van der Waals surface area contributed by atoms with Crippen LogP contribution in [0.3, 0.4) is 0 Å². The van der Waals surface area contributed by atoms with Crippen LogP contribution in [0.5, 0.6) is 0 Å². The highest BCUT2D eigenvalue weighted by Crippen LogP contribution is 2.35. The van der Waals surface area contributed by atoms with Crippen LogP contribution in [-0.4, -0.2) is 67.1 Å². The fourth-order valence-corrected chi connectivity index (χ4v) is 3.61. The molecule has 1 aliphatic heterocycles. The van der Waals surface area contributed by atoms with Crippen molar-refractivity contribution in [3.05, 3.63) is 72.3 Å². The summed E-state index contributed by atoms with van der Waals surface area (Å²) in [5.74, 6) is -2.07. The average Bonchev–Trinajstić information content (AvgIpc) is 2.97. The lowest BCUT2D eigenvalue weighted by atomic mass is 10.2. The van der Waals surface area contributed by atoms with E-state index in [9.17, 15) is 39.9 Å². The number of nitrogens with two attached hydrogens (primary N) is 1. The van der Waals surface area contributed by atoms with Crippen LogP contribution in [-0.2, 0) is 17.1 Å². The number of hydrogen-bond donors (Lipinski definition) is 2. The summed E-state index contributed by atoms with van der Waals surface area (Å²) in [6, 6.07) is 1.25. The number of aromatic nitrogens is 6. The summed E-state index contributed by atoms with van der Waals surface area (Å²) in [5, 5.41) is 2.17. The summed E-state index contributed by atoms with van der Waals surface area (Å²) in [6.07, 6.45) is -3.73.